The second kappa shape index (κ2) is 7.66. The van der Waals surface area contributed by atoms with Gasteiger partial charge in [-0.05, 0) is 49.3 Å². The summed E-state index contributed by atoms with van der Waals surface area (Å²) in [6.45, 7) is 4.07. The topological polar surface area (TPSA) is 21.3 Å². The van der Waals surface area contributed by atoms with Crippen LogP contribution in [0, 0.1) is 0 Å². The molecule has 1 N–H and O–H groups in total. The molecule has 106 valence electrons. The van der Waals surface area contributed by atoms with Crippen molar-refractivity contribution in [2.75, 3.05) is 20.3 Å². The van der Waals surface area contributed by atoms with Crippen molar-refractivity contribution < 1.29 is 4.74 Å². The largest absolute Gasteiger partial charge is 0.385 e. The van der Waals surface area contributed by atoms with Crippen LogP contribution in [0.1, 0.15) is 62.1 Å². The van der Waals surface area contributed by atoms with Gasteiger partial charge in [0.05, 0.1) is 0 Å². The van der Waals surface area contributed by atoms with Crippen LogP contribution in [0.2, 0.25) is 0 Å². The molecule has 0 radical (unpaired) electrons. The molecule has 1 saturated carbocycles. The van der Waals surface area contributed by atoms with Gasteiger partial charge in [0.25, 0.3) is 0 Å². The molecular weight excluding hydrogens is 234 g/mol. The molecule has 1 aliphatic carbocycles. The highest BCUT2D eigenvalue weighted by Crippen LogP contribution is 2.40. The molecule has 0 spiro atoms. The van der Waals surface area contributed by atoms with Gasteiger partial charge in [-0.1, -0.05) is 37.6 Å². The fraction of sp³-hybridized carbons (Fsp3) is 0.647. The molecule has 0 aliphatic heterocycles. The molecule has 0 heterocycles. The third kappa shape index (κ3) is 3.80. The number of ether oxygens (including phenoxy) is 1. The zero-order valence-electron chi connectivity index (χ0n) is 12.3. The summed E-state index contributed by atoms with van der Waals surface area (Å²) in [4.78, 5) is 0. The Morgan fingerprint density at radius 2 is 2.11 bits per heavy atom. The minimum absolute atomic E-state index is 0.483. The first-order valence-corrected chi connectivity index (χ1v) is 7.68. The highest BCUT2D eigenvalue weighted by molar-refractivity contribution is 5.34. The fourth-order valence-electron chi connectivity index (χ4n) is 2.96. The van der Waals surface area contributed by atoms with E-state index in [9.17, 15) is 0 Å². The van der Waals surface area contributed by atoms with Gasteiger partial charge in [-0.2, -0.15) is 0 Å². The maximum atomic E-state index is 5.19. The molecule has 1 unspecified atom stereocenters. The summed E-state index contributed by atoms with van der Waals surface area (Å²) in [5.74, 6) is 0.805. The number of nitrogens with one attached hydrogen (secondary N) is 1. The van der Waals surface area contributed by atoms with Crippen molar-refractivity contribution in [3.63, 3.8) is 0 Å². The van der Waals surface area contributed by atoms with E-state index in [1.165, 1.54) is 24.8 Å². The Morgan fingerprint density at radius 1 is 1.32 bits per heavy atom. The second-order valence-electron chi connectivity index (χ2n) is 5.50. The van der Waals surface area contributed by atoms with Crippen molar-refractivity contribution in [1.82, 2.24) is 5.32 Å². The summed E-state index contributed by atoms with van der Waals surface area (Å²) in [7, 11) is 1.78. The molecule has 1 aromatic carbocycles. The molecule has 2 nitrogen and oxygen atoms in total. The minimum atomic E-state index is 0.483. The molecule has 0 saturated heterocycles. The Balaban J connectivity index is 2.10. The third-order valence-corrected chi connectivity index (χ3v) is 4.21. The predicted molar refractivity (Wildman–Crippen MR) is 80.6 cm³/mol. The molecule has 2 rings (SSSR count). The van der Waals surface area contributed by atoms with Gasteiger partial charge in [-0.3, -0.25) is 0 Å². The molecule has 1 aliphatic rings. The maximum absolute atomic E-state index is 5.19. The average Bonchev–Trinajstić information content (AvgIpc) is 2.37. The van der Waals surface area contributed by atoms with E-state index in [1.54, 1.807) is 12.7 Å². The fourth-order valence-corrected chi connectivity index (χ4v) is 2.96. The maximum Gasteiger partial charge on any atom is 0.0462 e. The summed E-state index contributed by atoms with van der Waals surface area (Å²) >= 11 is 0. The van der Waals surface area contributed by atoms with Crippen molar-refractivity contribution in [2.45, 2.75) is 51.0 Å². The van der Waals surface area contributed by atoms with Crippen molar-refractivity contribution in [3.8, 4) is 0 Å². The SMILES string of the molecule is CCNC(CCCOC)c1ccccc1C1CCC1. The first kappa shape index (κ1) is 14.5. The zero-order chi connectivity index (χ0) is 13.5. The van der Waals surface area contributed by atoms with Crippen molar-refractivity contribution in [3.05, 3.63) is 35.4 Å². The molecule has 1 fully saturated rings. The number of hydrogen-bond donors (Lipinski definition) is 1. The van der Waals surface area contributed by atoms with Gasteiger partial charge < -0.3 is 10.1 Å². The Hall–Kier alpha value is -0.860. The van der Waals surface area contributed by atoms with E-state index >= 15 is 0 Å². The smallest absolute Gasteiger partial charge is 0.0462 e. The summed E-state index contributed by atoms with van der Waals surface area (Å²) < 4.78 is 5.19. The van der Waals surface area contributed by atoms with Gasteiger partial charge in [0.1, 0.15) is 0 Å². The van der Waals surface area contributed by atoms with Crippen LogP contribution in [0.3, 0.4) is 0 Å². The zero-order valence-corrected chi connectivity index (χ0v) is 12.3. The van der Waals surface area contributed by atoms with Gasteiger partial charge in [-0.25, -0.2) is 0 Å². The molecule has 1 atom stereocenters. The van der Waals surface area contributed by atoms with E-state index in [-0.39, 0.29) is 0 Å². The molecule has 0 amide bonds. The number of methoxy groups -OCH3 is 1. The molecule has 19 heavy (non-hydrogen) atoms. The number of benzene rings is 1. The van der Waals surface area contributed by atoms with E-state index in [1.807, 2.05) is 0 Å². The van der Waals surface area contributed by atoms with Crippen LogP contribution < -0.4 is 5.32 Å². The normalized spacial score (nSPS) is 17.2. The van der Waals surface area contributed by atoms with E-state index in [4.69, 9.17) is 4.74 Å². The Morgan fingerprint density at radius 3 is 2.74 bits per heavy atom. The third-order valence-electron chi connectivity index (χ3n) is 4.21. The molecular formula is C17H27NO. The van der Waals surface area contributed by atoms with E-state index in [0.29, 0.717) is 6.04 Å². The first-order chi connectivity index (χ1) is 9.36. The number of rotatable bonds is 8. The average molecular weight is 261 g/mol. The predicted octanol–water partition coefficient (Wildman–Crippen LogP) is 4.03. The first-order valence-electron chi connectivity index (χ1n) is 7.68. The van der Waals surface area contributed by atoms with Crippen LogP contribution in [0.25, 0.3) is 0 Å². The highest BCUT2D eigenvalue weighted by atomic mass is 16.5. The lowest BCUT2D eigenvalue weighted by atomic mass is 9.77. The lowest BCUT2D eigenvalue weighted by Gasteiger charge is -2.31. The molecule has 1 aromatic rings. The van der Waals surface area contributed by atoms with E-state index in [2.05, 4.69) is 36.5 Å². The van der Waals surface area contributed by atoms with E-state index in [0.717, 1.165) is 31.9 Å². The van der Waals surface area contributed by atoms with Crippen LogP contribution in [0.15, 0.2) is 24.3 Å². The van der Waals surface area contributed by atoms with Gasteiger partial charge in [0, 0.05) is 19.8 Å². The van der Waals surface area contributed by atoms with Crippen molar-refractivity contribution in [2.24, 2.45) is 0 Å². The summed E-state index contributed by atoms with van der Waals surface area (Å²) in [6, 6.07) is 9.50. The van der Waals surface area contributed by atoms with Crippen LogP contribution in [-0.2, 0) is 4.74 Å². The highest BCUT2D eigenvalue weighted by Gasteiger charge is 2.24. The summed E-state index contributed by atoms with van der Waals surface area (Å²) in [5, 5.41) is 3.65. The Labute approximate surface area is 117 Å². The lowest BCUT2D eigenvalue weighted by Crippen LogP contribution is -2.24. The molecule has 0 aromatic heterocycles. The summed E-state index contributed by atoms with van der Waals surface area (Å²) in [6.07, 6.45) is 6.41. The van der Waals surface area contributed by atoms with Gasteiger partial charge in [-0.15, -0.1) is 0 Å². The van der Waals surface area contributed by atoms with Gasteiger partial charge in [0.2, 0.25) is 0 Å². The van der Waals surface area contributed by atoms with Crippen LogP contribution in [0.4, 0.5) is 0 Å². The Bertz CT molecular complexity index is 373. The summed E-state index contributed by atoms with van der Waals surface area (Å²) in [5.41, 5.74) is 3.10. The standard InChI is InChI=1S/C17H27NO/c1-3-18-17(12-7-13-19-2)16-11-5-4-10-15(16)14-8-6-9-14/h4-5,10-11,14,17-18H,3,6-9,12-13H2,1-2H3. The quantitative estimate of drug-likeness (QED) is 0.713. The van der Waals surface area contributed by atoms with Gasteiger partial charge in [0.15, 0.2) is 0 Å². The molecule has 2 heteroatoms. The Kier molecular flexibility index (Phi) is 5.87. The van der Waals surface area contributed by atoms with Crippen molar-refractivity contribution >= 4 is 0 Å². The van der Waals surface area contributed by atoms with Gasteiger partial charge >= 0.3 is 0 Å². The van der Waals surface area contributed by atoms with Crippen molar-refractivity contribution in [1.29, 1.82) is 0 Å². The monoisotopic (exact) mass is 261 g/mol. The lowest BCUT2D eigenvalue weighted by molar-refractivity contribution is 0.188. The van der Waals surface area contributed by atoms with Crippen LogP contribution >= 0.6 is 0 Å². The minimum Gasteiger partial charge on any atom is -0.385 e. The second-order valence-corrected chi connectivity index (χ2v) is 5.50. The van der Waals surface area contributed by atoms with Crippen LogP contribution in [-0.4, -0.2) is 20.3 Å². The molecule has 0 bridgehead atoms. The number of hydrogen-bond acceptors (Lipinski definition) is 2. The van der Waals surface area contributed by atoms with Crippen LogP contribution in [0.5, 0.6) is 0 Å². The van der Waals surface area contributed by atoms with E-state index < -0.39 is 0 Å².